The average Bonchev–Trinajstić information content (AvgIpc) is 0.766. The van der Waals surface area contributed by atoms with Crippen LogP contribution in [0.5, 0.6) is 46.0 Å². The molecule has 36 nitrogen and oxygen atoms in total. The Morgan fingerprint density at radius 2 is 1.30 bits per heavy atom. The second-order valence-electron chi connectivity index (χ2n) is 30.4. The molecule has 19 atom stereocenters. The van der Waals surface area contributed by atoms with Gasteiger partial charge in [-0.15, -0.1) is 0 Å². The number of aliphatic hydroxyl groups is 6. The summed E-state index contributed by atoms with van der Waals surface area (Å²) in [7, 11) is 2.64. The Morgan fingerprint density at radius 1 is 0.678 bits per heavy atom. The summed E-state index contributed by atoms with van der Waals surface area (Å²) in [5.74, 6) is -17.2. The van der Waals surface area contributed by atoms with Gasteiger partial charge in [0.25, 0.3) is 0 Å². The van der Waals surface area contributed by atoms with E-state index in [9.17, 15) is 79.8 Å². The number of aromatic hydroxyl groups is 3. The molecule has 7 aromatic rings. The van der Waals surface area contributed by atoms with Gasteiger partial charge in [0.15, 0.2) is 36.0 Å². The van der Waals surface area contributed by atoms with Gasteiger partial charge in [-0.2, -0.15) is 0 Å². The molecule has 0 radical (unpaired) electrons. The number of ether oxygens (including phenoxy) is 8. The van der Waals surface area contributed by atoms with Gasteiger partial charge < -0.3 is 137 Å². The molecule has 15 unspecified atom stereocenters. The van der Waals surface area contributed by atoms with E-state index in [1.807, 2.05) is 68.4 Å². The summed E-state index contributed by atoms with van der Waals surface area (Å²) in [4.78, 5) is 132. The molecule has 7 amide bonds. The minimum atomic E-state index is -2.39. The second-order valence-corrected chi connectivity index (χ2v) is 31.2. The van der Waals surface area contributed by atoms with E-state index in [4.69, 9.17) is 66.8 Å². The van der Waals surface area contributed by atoms with Gasteiger partial charge in [0.05, 0.1) is 55.0 Å². The fraction of sp³-hybridized carbons (Fsp3) is 0.386. The third kappa shape index (κ3) is 19.8. The van der Waals surface area contributed by atoms with Crippen LogP contribution < -0.4 is 62.5 Å². The zero-order valence-electron chi connectivity index (χ0n) is 65.7. The van der Waals surface area contributed by atoms with Crippen LogP contribution >= 0.6 is 23.2 Å². The molecule has 2 saturated heterocycles. The lowest BCUT2D eigenvalue weighted by molar-refractivity contribution is -0.334. The first-order chi connectivity index (χ1) is 57.5. The van der Waals surface area contributed by atoms with E-state index in [2.05, 4.69) is 42.5 Å². The van der Waals surface area contributed by atoms with Gasteiger partial charge >= 0.3 is 11.9 Å². The summed E-state index contributed by atoms with van der Waals surface area (Å²) in [6, 6.07) is 16.1. The van der Waals surface area contributed by atoms with Crippen molar-refractivity contribution < 1.29 is 132 Å². The largest absolute Gasteiger partial charge is 0.508 e. The summed E-state index contributed by atoms with van der Waals surface area (Å²) in [6.07, 6.45) is -20.9. The fourth-order valence-electron chi connectivity index (χ4n) is 14.9. The number of amides is 7. The number of esters is 1. The summed E-state index contributed by atoms with van der Waals surface area (Å²) < 4.78 is 50.7. The highest BCUT2D eigenvalue weighted by atomic mass is 35.5. The number of carbonyl (C=O) groups is 9. The molecule has 2 fully saturated rings. The number of methoxy groups -OCH3 is 1. The fourth-order valence-corrected chi connectivity index (χ4v) is 15.4. The summed E-state index contributed by atoms with van der Waals surface area (Å²) in [5.41, 5.74) is 3.95. The third-order valence-corrected chi connectivity index (χ3v) is 22.0. The van der Waals surface area contributed by atoms with Gasteiger partial charge in [-0.1, -0.05) is 110 Å². The van der Waals surface area contributed by atoms with E-state index in [0.29, 0.717) is 5.56 Å². The van der Waals surface area contributed by atoms with Gasteiger partial charge in [0, 0.05) is 41.3 Å². The number of hydrogen-bond acceptors (Lipinski definition) is 28. The van der Waals surface area contributed by atoms with Crippen LogP contribution in [0.3, 0.4) is 0 Å². The number of carboxylic acid groups (broad SMARTS) is 1. The molecule has 7 aliphatic heterocycles. The highest BCUT2D eigenvalue weighted by Crippen LogP contribution is 2.50. The molecule has 0 aromatic heterocycles. The Labute approximate surface area is 700 Å². The molecule has 644 valence electrons. The van der Waals surface area contributed by atoms with E-state index >= 15 is 14.4 Å². The molecule has 121 heavy (non-hydrogen) atoms. The number of rotatable bonds is 21. The van der Waals surface area contributed by atoms with Crippen molar-refractivity contribution in [3.8, 4) is 68.2 Å². The first-order valence-corrected chi connectivity index (χ1v) is 39.1. The van der Waals surface area contributed by atoms with Crippen LogP contribution in [0.1, 0.15) is 111 Å². The summed E-state index contributed by atoms with van der Waals surface area (Å²) >= 11 is 14.3. The summed E-state index contributed by atoms with van der Waals surface area (Å²) in [6.45, 7) is 5.35. The van der Waals surface area contributed by atoms with Crippen LogP contribution in [0.2, 0.25) is 10.0 Å². The highest BCUT2D eigenvalue weighted by Gasteiger charge is 2.53. The molecule has 20 N–H and O–H groups in total. The minimum absolute atomic E-state index is 0.0530. The number of hydrogen-bond donors (Lipinski definition) is 19. The number of fused-ring (bicyclic) bond motifs is 15. The maximum absolute atomic E-state index is 16.2. The SMILES string of the molecule is CN[C@H](CC(C)C)C(=O)N[C@@H]1C(=O)NC(CC(N)=O)C(=O)NC2C(=O)NC3C(=O)N[C@H](C(=O)NC(C(=O)O)c4cc(O)cc(O)c4-c4cc3ccc4O)[C@H](O)c3ccc(c(Cl)c3)Oc3cc2cc(c3OC2OC(CO)C(O)C(O)C2OC2CC(C)(NCC(OCc3ccc(-c4ccccc4)cc3)C(=O)OC)C(O)C(C)O2)Oc2ccc(cc2Cl)C1O. The molecular formula is C83H91Cl2N9O27. The number of primary amides is 1. The van der Waals surface area contributed by atoms with Crippen molar-refractivity contribution in [1.82, 2.24) is 42.5 Å². The number of carboxylic acids is 1. The highest BCUT2D eigenvalue weighted by molar-refractivity contribution is 6.32. The van der Waals surface area contributed by atoms with Gasteiger partial charge in [-0.3, -0.25) is 33.6 Å². The van der Waals surface area contributed by atoms with Crippen molar-refractivity contribution in [2.75, 3.05) is 27.3 Å². The van der Waals surface area contributed by atoms with Crippen LogP contribution in [0.4, 0.5) is 0 Å². The van der Waals surface area contributed by atoms with Gasteiger partial charge in [0.1, 0.15) is 89.5 Å². The van der Waals surface area contributed by atoms with E-state index in [1.54, 1.807) is 6.92 Å². The lowest BCUT2D eigenvalue weighted by Gasteiger charge is -2.48. The second kappa shape index (κ2) is 37.8. The number of likely N-dealkylation sites (N-methyl/N-ethyl adjacent to an activating group) is 1. The smallest absolute Gasteiger partial charge is 0.336 e. The van der Waals surface area contributed by atoms with Gasteiger partial charge in [-0.25, -0.2) is 9.59 Å². The predicted octanol–water partition coefficient (Wildman–Crippen LogP) is 3.16. The molecule has 14 rings (SSSR count). The monoisotopic (exact) mass is 1720 g/mol. The number of nitrogens with two attached hydrogens (primary N) is 1. The molecule has 0 aliphatic carbocycles. The van der Waals surface area contributed by atoms with Crippen molar-refractivity contribution in [2.24, 2.45) is 11.7 Å². The van der Waals surface area contributed by atoms with E-state index in [0.717, 1.165) is 77.9 Å². The van der Waals surface area contributed by atoms with E-state index in [1.165, 1.54) is 33.2 Å². The number of phenolic OH excluding ortho intramolecular Hbond substituents is 3. The number of aliphatic hydroxyl groups excluding tert-OH is 6. The van der Waals surface area contributed by atoms with Crippen LogP contribution in [0, 0.1) is 5.92 Å². The number of phenols is 3. The third-order valence-electron chi connectivity index (χ3n) is 21.4. The first kappa shape index (κ1) is 88.9. The molecule has 7 heterocycles. The van der Waals surface area contributed by atoms with Crippen LogP contribution in [0.15, 0.2) is 133 Å². The molecule has 38 heteroatoms. The van der Waals surface area contributed by atoms with E-state index < -0.39 is 254 Å². The number of nitrogens with one attached hydrogen (secondary N) is 8. The van der Waals surface area contributed by atoms with Crippen molar-refractivity contribution in [1.29, 1.82) is 0 Å². The Bertz CT molecular complexity index is 5070. The summed E-state index contributed by atoms with van der Waals surface area (Å²) in [5, 5.41) is 137. The minimum Gasteiger partial charge on any atom is -0.508 e. The van der Waals surface area contributed by atoms with E-state index in [-0.39, 0.29) is 54.4 Å². The molecule has 0 spiro atoms. The van der Waals surface area contributed by atoms with Crippen molar-refractivity contribution in [2.45, 2.75) is 169 Å². The predicted molar refractivity (Wildman–Crippen MR) is 426 cm³/mol. The Morgan fingerprint density at radius 3 is 1.91 bits per heavy atom. The van der Waals surface area contributed by atoms with Crippen molar-refractivity contribution in [3.63, 3.8) is 0 Å². The normalized spacial score (nSPS) is 26.7. The number of aliphatic carboxylic acids is 1. The van der Waals surface area contributed by atoms with Gasteiger partial charge in [0.2, 0.25) is 53.4 Å². The zero-order valence-corrected chi connectivity index (χ0v) is 67.2. The van der Waals surface area contributed by atoms with Crippen molar-refractivity contribution >= 4 is 76.5 Å². The van der Waals surface area contributed by atoms with Crippen LogP contribution in [-0.2, 0) is 73.4 Å². The topological polar surface area (TPSA) is 552 Å². The number of halogens is 2. The maximum atomic E-state index is 16.2. The molecule has 7 aliphatic rings. The van der Waals surface area contributed by atoms with Crippen LogP contribution in [-0.4, -0.2) is 217 Å². The molecule has 7 aromatic carbocycles. The van der Waals surface area contributed by atoms with Gasteiger partial charge in [-0.05, 0) is 127 Å². The quantitative estimate of drug-likeness (QED) is 0.0459. The lowest BCUT2D eigenvalue weighted by atomic mass is 9.84. The van der Waals surface area contributed by atoms with Crippen LogP contribution in [0.25, 0.3) is 22.3 Å². The molecule has 0 saturated carbocycles. The molecular weight excluding hydrogens is 1630 g/mol. The Kier molecular flexibility index (Phi) is 27.8. The first-order valence-electron chi connectivity index (χ1n) is 38.3. The average molecular weight is 1720 g/mol. The van der Waals surface area contributed by atoms with Crippen molar-refractivity contribution in [3.05, 3.63) is 177 Å². The Hall–Kier alpha value is -11.3. The number of benzene rings is 7. The Balaban J connectivity index is 1.01. The maximum Gasteiger partial charge on any atom is 0.336 e. The zero-order chi connectivity index (χ0) is 87.3. The molecule has 11 bridgehead atoms. The lowest BCUT2D eigenvalue weighted by Crippen LogP contribution is -2.66. The standard InChI is InChI=1S/C83H91Cl2N9O27/c1-35(2)22-49(87-5)74(105)93-65-67(100)41-17-20-53(47(84)24-41)117-55-26-43-27-56(71(55)121-82-72(70(103)69(102)58(33-95)119-82)120-60-31-83(4,73(104)36(3)116-60)88-32-57(81(113)114-6)115-34-37-12-14-39(15-13-37)38-10-8-7-9-11-38)118-54-21-18-42(25-48(54)85)68(101)66-79(110)92-64(80(111)112)46-28-44(96)29-52(98)61(46)45-23-40(16-19-51(45)97)62(76(107)94-66)91-77(108)63(43)90-75(106)50(30-59(86)99)89-78(65)109/h7-21,23-29,35-36,49-50,57-58,60,62-70,72-73,82,87-88,95-98,100-104H,22,30-34H2,1-6H3,(H2,86,99)(H,89,109)(H,90,106)(H,91,108)(H,92,110)(H,93,105)(H,94,107)(H,111,112)/t36?,49-,50?,57?,58?,60?,62?,63?,64?,65+,66+,67?,68-,69?,70?,72?,73?,82?,83?/m1/s1. The number of carbonyl (C=O) groups excluding carboxylic acids is 8.